The highest BCUT2D eigenvalue weighted by Gasteiger charge is 2.64. The third kappa shape index (κ3) is 1.92. The molecule has 0 radical (unpaired) electrons. The van der Waals surface area contributed by atoms with Gasteiger partial charge in [0, 0.05) is 24.7 Å². The monoisotopic (exact) mass is 221 g/mol. The van der Waals surface area contributed by atoms with Gasteiger partial charge in [0.2, 0.25) is 0 Å². The van der Waals surface area contributed by atoms with Crippen LogP contribution in [0.2, 0.25) is 0 Å². The predicted octanol–water partition coefficient (Wildman–Crippen LogP) is 4.08. The van der Waals surface area contributed by atoms with E-state index >= 15 is 0 Å². The summed E-state index contributed by atoms with van der Waals surface area (Å²) in [5.74, 6) is 0.726. The normalized spacial score (nSPS) is 33.4. The fourth-order valence-electron chi connectivity index (χ4n) is 2.76. The molecule has 1 aliphatic carbocycles. The van der Waals surface area contributed by atoms with E-state index in [9.17, 15) is 0 Å². The van der Waals surface area contributed by atoms with Crippen LogP contribution >= 0.6 is 0 Å². The van der Waals surface area contributed by atoms with Crippen LogP contribution in [0.3, 0.4) is 0 Å². The summed E-state index contributed by atoms with van der Waals surface area (Å²) in [5, 5.41) is 0. The Labute approximate surface area is 101 Å². The molecule has 92 valence electrons. The highest BCUT2D eigenvalue weighted by Crippen LogP contribution is 2.70. The molecule has 0 spiro atoms. The molecule has 2 atom stereocenters. The molecular weight excluding hydrogens is 194 g/mol. The summed E-state index contributed by atoms with van der Waals surface area (Å²) < 4.78 is 0. The molecule has 1 unspecified atom stereocenters. The largest absolute Gasteiger partial charge is 0.374 e. The van der Waals surface area contributed by atoms with Gasteiger partial charge in [-0.2, -0.15) is 0 Å². The molecule has 0 heterocycles. The van der Waals surface area contributed by atoms with E-state index in [0.29, 0.717) is 10.8 Å². The number of nitrogens with zero attached hydrogens (tertiary/aromatic N) is 1. The molecular formula is C15H27N. The lowest BCUT2D eigenvalue weighted by Crippen LogP contribution is -2.27. The van der Waals surface area contributed by atoms with Crippen molar-refractivity contribution in [2.75, 3.05) is 13.6 Å². The molecule has 1 heteroatoms. The highest BCUT2D eigenvalue weighted by atomic mass is 15.1. The van der Waals surface area contributed by atoms with Crippen LogP contribution in [0.15, 0.2) is 24.4 Å². The summed E-state index contributed by atoms with van der Waals surface area (Å²) in [5.41, 5.74) is 2.04. The molecule has 0 saturated heterocycles. The fraction of sp³-hybridized carbons (Fsp3) is 0.733. The molecule has 1 nitrogen and oxygen atoms in total. The first-order valence-electron chi connectivity index (χ1n) is 6.31. The number of allylic oxidation sites excluding steroid dienone is 2. The minimum atomic E-state index is 0.303. The molecule has 0 aromatic rings. The van der Waals surface area contributed by atoms with Gasteiger partial charge < -0.3 is 4.90 Å². The average molecular weight is 221 g/mol. The van der Waals surface area contributed by atoms with Crippen molar-refractivity contribution in [2.45, 2.75) is 41.0 Å². The molecule has 1 rings (SSSR count). The second-order valence-electron chi connectivity index (χ2n) is 5.98. The molecule has 1 saturated carbocycles. The van der Waals surface area contributed by atoms with Crippen LogP contribution < -0.4 is 0 Å². The van der Waals surface area contributed by atoms with Crippen LogP contribution in [0.25, 0.3) is 0 Å². The Balaban J connectivity index is 2.70. The second-order valence-corrected chi connectivity index (χ2v) is 5.98. The van der Waals surface area contributed by atoms with Gasteiger partial charge >= 0.3 is 0 Å². The zero-order valence-electron chi connectivity index (χ0n) is 11.8. The van der Waals surface area contributed by atoms with Crippen molar-refractivity contribution in [1.82, 2.24) is 4.90 Å². The first kappa shape index (κ1) is 13.3. The van der Waals surface area contributed by atoms with Crippen molar-refractivity contribution >= 4 is 0 Å². The summed E-state index contributed by atoms with van der Waals surface area (Å²) in [6, 6.07) is 0. The van der Waals surface area contributed by atoms with Gasteiger partial charge in [0.25, 0.3) is 0 Å². The van der Waals surface area contributed by atoms with E-state index in [4.69, 9.17) is 0 Å². The van der Waals surface area contributed by atoms with Gasteiger partial charge in [0.15, 0.2) is 0 Å². The van der Waals surface area contributed by atoms with E-state index in [2.05, 4.69) is 65.3 Å². The number of hydrogen-bond donors (Lipinski definition) is 0. The van der Waals surface area contributed by atoms with Crippen molar-refractivity contribution < 1.29 is 0 Å². The first-order chi connectivity index (χ1) is 7.29. The second kappa shape index (κ2) is 4.27. The van der Waals surface area contributed by atoms with Crippen LogP contribution in [0.4, 0.5) is 0 Å². The van der Waals surface area contributed by atoms with Gasteiger partial charge in [-0.1, -0.05) is 46.4 Å². The fourth-order valence-corrected chi connectivity index (χ4v) is 2.76. The van der Waals surface area contributed by atoms with Gasteiger partial charge in [-0.15, -0.1) is 0 Å². The van der Waals surface area contributed by atoms with Crippen molar-refractivity contribution in [3.63, 3.8) is 0 Å². The smallest absolute Gasteiger partial charge is 0.0353 e. The Hall–Kier alpha value is -0.720. The van der Waals surface area contributed by atoms with Gasteiger partial charge in [0.1, 0.15) is 0 Å². The number of likely N-dealkylation sites (N-methyl/N-ethyl adjacent to an activating group) is 1. The van der Waals surface area contributed by atoms with Crippen molar-refractivity contribution in [2.24, 2.45) is 16.7 Å². The molecule has 0 bridgehead atoms. The van der Waals surface area contributed by atoms with Crippen molar-refractivity contribution in [3.8, 4) is 0 Å². The number of rotatable bonds is 5. The maximum absolute atomic E-state index is 4.31. The standard InChI is InChI=1S/C15H27N/c1-8-9-10-16(7)13(4)15(6)11-14(15,5)12(2)3/h8-9,12H,4,10-11H2,1-3,5-7H3/b9-8-/t14-,15?/m0/s1. The zero-order valence-corrected chi connectivity index (χ0v) is 11.8. The van der Waals surface area contributed by atoms with Gasteiger partial charge in [-0.3, -0.25) is 0 Å². The number of hydrogen-bond acceptors (Lipinski definition) is 1. The van der Waals surface area contributed by atoms with E-state index < -0.39 is 0 Å². The molecule has 1 aliphatic rings. The highest BCUT2D eigenvalue weighted by molar-refractivity contribution is 5.26. The molecule has 16 heavy (non-hydrogen) atoms. The zero-order chi connectivity index (χ0) is 12.6. The minimum absolute atomic E-state index is 0.303. The lowest BCUT2D eigenvalue weighted by Gasteiger charge is -2.30. The lowest BCUT2D eigenvalue weighted by atomic mass is 9.84. The Morgan fingerprint density at radius 3 is 2.38 bits per heavy atom. The van der Waals surface area contributed by atoms with Crippen LogP contribution in [-0.2, 0) is 0 Å². The minimum Gasteiger partial charge on any atom is -0.374 e. The lowest BCUT2D eigenvalue weighted by molar-refractivity contribution is 0.277. The quantitative estimate of drug-likeness (QED) is 0.632. The first-order valence-corrected chi connectivity index (χ1v) is 6.31. The van der Waals surface area contributed by atoms with E-state index in [1.807, 2.05) is 0 Å². The van der Waals surface area contributed by atoms with E-state index in [1.165, 1.54) is 12.1 Å². The molecule has 0 aliphatic heterocycles. The van der Waals surface area contributed by atoms with Gasteiger partial charge in [-0.25, -0.2) is 0 Å². The predicted molar refractivity (Wildman–Crippen MR) is 72.3 cm³/mol. The summed E-state index contributed by atoms with van der Waals surface area (Å²) in [6.45, 7) is 16.8. The van der Waals surface area contributed by atoms with Crippen molar-refractivity contribution in [3.05, 3.63) is 24.4 Å². The van der Waals surface area contributed by atoms with Gasteiger partial charge in [0.05, 0.1) is 0 Å². The molecule has 0 N–H and O–H groups in total. The van der Waals surface area contributed by atoms with Crippen LogP contribution in [0.5, 0.6) is 0 Å². The topological polar surface area (TPSA) is 3.24 Å². The maximum Gasteiger partial charge on any atom is 0.0353 e. The third-order valence-electron chi connectivity index (χ3n) is 4.84. The van der Waals surface area contributed by atoms with Gasteiger partial charge in [-0.05, 0) is 24.7 Å². The Kier molecular flexibility index (Phi) is 3.56. The Morgan fingerprint density at radius 2 is 2.00 bits per heavy atom. The molecule has 0 aromatic carbocycles. The van der Waals surface area contributed by atoms with Crippen LogP contribution in [0, 0.1) is 16.7 Å². The summed E-state index contributed by atoms with van der Waals surface area (Å²) >= 11 is 0. The van der Waals surface area contributed by atoms with Crippen molar-refractivity contribution in [1.29, 1.82) is 0 Å². The third-order valence-corrected chi connectivity index (χ3v) is 4.84. The van der Waals surface area contributed by atoms with Crippen LogP contribution in [0.1, 0.15) is 41.0 Å². The maximum atomic E-state index is 4.31. The van der Waals surface area contributed by atoms with Crippen LogP contribution in [-0.4, -0.2) is 18.5 Å². The van der Waals surface area contributed by atoms with E-state index in [1.54, 1.807) is 0 Å². The van der Waals surface area contributed by atoms with E-state index in [0.717, 1.165) is 12.5 Å². The van der Waals surface area contributed by atoms with E-state index in [-0.39, 0.29) is 0 Å². The molecule has 1 fully saturated rings. The SMILES string of the molecule is C=C(N(C)C/C=C\C)C1(C)C[C@@]1(C)C(C)C. The summed E-state index contributed by atoms with van der Waals surface area (Å²) in [7, 11) is 2.15. The molecule has 0 amide bonds. The Bertz CT molecular complexity index is 303. The summed E-state index contributed by atoms with van der Waals surface area (Å²) in [6.07, 6.45) is 5.56. The molecule has 0 aromatic heterocycles. The summed E-state index contributed by atoms with van der Waals surface area (Å²) in [4.78, 5) is 2.29. The average Bonchev–Trinajstić information content (AvgIpc) is 2.80. The Morgan fingerprint density at radius 1 is 1.44 bits per heavy atom.